The Balaban J connectivity index is 1.11. The number of fused-ring (bicyclic) bond motifs is 3. The lowest BCUT2D eigenvalue weighted by atomic mass is 9.77. The molecule has 0 radical (unpaired) electrons. The molecule has 0 bridgehead atoms. The lowest BCUT2D eigenvalue weighted by Crippen LogP contribution is -2.49. The number of terminal acetylenes is 1. The molecule has 0 unspecified atom stereocenters. The number of carbonyl (C=O) groups is 1. The third-order valence-electron chi connectivity index (χ3n) is 9.07. The minimum atomic E-state index is -0.460. The van der Waals surface area contributed by atoms with Crippen LogP contribution < -0.4 is 10.4 Å². The quantitative estimate of drug-likeness (QED) is 0.323. The van der Waals surface area contributed by atoms with Crippen molar-refractivity contribution < 1.29 is 18.8 Å². The Bertz CT molecular complexity index is 1440. The van der Waals surface area contributed by atoms with Gasteiger partial charge in [0.05, 0.1) is 11.2 Å². The number of hydrogen-bond donors (Lipinski definition) is 0. The van der Waals surface area contributed by atoms with Crippen LogP contribution in [0.4, 0.5) is 10.5 Å². The highest BCUT2D eigenvalue weighted by atomic mass is 16.7. The van der Waals surface area contributed by atoms with Gasteiger partial charge in [-0.15, -0.1) is 12.3 Å². The Morgan fingerprint density at radius 2 is 1.51 bits per heavy atom. The van der Waals surface area contributed by atoms with Gasteiger partial charge in [-0.25, -0.2) is 4.79 Å². The average Bonchev–Trinajstić information content (AvgIpc) is 3.40. The molecule has 3 aromatic rings. The van der Waals surface area contributed by atoms with E-state index in [0.29, 0.717) is 39.2 Å². The van der Waals surface area contributed by atoms with E-state index >= 15 is 0 Å². The molecule has 1 aliphatic carbocycles. The first kappa shape index (κ1) is 27.4. The third kappa shape index (κ3) is 5.12. The van der Waals surface area contributed by atoms with Crippen molar-refractivity contribution in [2.75, 3.05) is 37.7 Å². The first-order valence-corrected chi connectivity index (χ1v) is 14.4. The van der Waals surface area contributed by atoms with Crippen molar-refractivity contribution in [1.29, 1.82) is 0 Å². The monoisotopic (exact) mass is 548 g/mol. The van der Waals surface area contributed by atoms with Crippen LogP contribution in [-0.2, 0) is 20.5 Å². The van der Waals surface area contributed by atoms with Gasteiger partial charge in [0.15, 0.2) is 0 Å². The van der Waals surface area contributed by atoms with Crippen LogP contribution in [0.3, 0.4) is 0 Å². The summed E-state index contributed by atoms with van der Waals surface area (Å²) in [5.41, 5.74) is 7.12. The van der Waals surface area contributed by atoms with Crippen LogP contribution in [0.5, 0.6) is 0 Å². The first-order valence-electron chi connectivity index (χ1n) is 14.4. The van der Waals surface area contributed by atoms with Crippen LogP contribution in [0.1, 0.15) is 50.3 Å². The van der Waals surface area contributed by atoms with E-state index in [1.165, 1.54) is 22.3 Å². The van der Waals surface area contributed by atoms with Crippen LogP contribution >= 0.6 is 0 Å². The topological polar surface area (TPSA) is 51.2 Å². The molecular formula is C34H37BN2O4. The standard InChI is InChI=1S/C34H37BN2O4/c1-6-11-24-20-25(35-40-33(2,3)34(4,5)41-35)22-26(21-24)36-16-18-37(19-17-36)32(38)39-23-31-29-14-9-7-12-27(29)28-13-8-10-15-30(28)31/h1,7-10,12-15,20-22,31H,11,16-19,23H2,2-5H3. The van der Waals surface area contributed by atoms with Crippen LogP contribution in [0.2, 0.25) is 0 Å². The summed E-state index contributed by atoms with van der Waals surface area (Å²) in [4.78, 5) is 17.2. The molecule has 41 heavy (non-hydrogen) atoms. The van der Waals surface area contributed by atoms with E-state index in [1.807, 2.05) is 4.90 Å². The maximum absolute atomic E-state index is 13.1. The highest BCUT2D eigenvalue weighted by Crippen LogP contribution is 2.44. The number of hydrogen-bond acceptors (Lipinski definition) is 5. The second-order valence-electron chi connectivity index (χ2n) is 12.2. The second kappa shape index (κ2) is 10.6. The van der Waals surface area contributed by atoms with Crippen molar-refractivity contribution in [3.05, 3.63) is 83.4 Å². The zero-order valence-corrected chi connectivity index (χ0v) is 24.4. The van der Waals surface area contributed by atoms with Gasteiger partial charge in [0.25, 0.3) is 0 Å². The van der Waals surface area contributed by atoms with Gasteiger partial charge < -0.3 is 23.8 Å². The molecule has 2 aliphatic heterocycles. The third-order valence-corrected chi connectivity index (χ3v) is 9.07. The van der Waals surface area contributed by atoms with Crippen molar-refractivity contribution >= 4 is 24.4 Å². The molecule has 0 saturated carbocycles. The first-order chi connectivity index (χ1) is 19.7. The molecular weight excluding hydrogens is 511 g/mol. The van der Waals surface area contributed by atoms with E-state index in [0.717, 1.165) is 16.7 Å². The molecule has 0 atom stereocenters. The van der Waals surface area contributed by atoms with E-state index in [9.17, 15) is 4.79 Å². The predicted octanol–water partition coefficient (Wildman–Crippen LogP) is 5.23. The Morgan fingerprint density at radius 3 is 2.10 bits per heavy atom. The summed E-state index contributed by atoms with van der Waals surface area (Å²) in [5.74, 6) is 2.82. The number of rotatable bonds is 5. The van der Waals surface area contributed by atoms with Crippen LogP contribution in [0, 0.1) is 12.3 Å². The Kier molecular flexibility index (Phi) is 7.09. The molecule has 2 fully saturated rings. The lowest BCUT2D eigenvalue weighted by molar-refractivity contribution is 0.00578. The highest BCUT2D eigenvalue weighted by molar-refractivity contribution is 6.62. The molecule has 6 nitrogen and oxygen atoms in total. The normalized spacial score (nSPS) is 19.0. The fraction of sp³-hybridized carbons (Fsp3) is 0.382. The second-order valence-corrected chi connectivity index (χ2v) is 12.2. The smallest absolute Gasteiger partial charge is 0.448 e. The van der Waals surface area contributed by atoms with E-state index < -0.39 is 18.3 Å². The van der Waals surface area contributed by atoms with Gasteiger partial charge in [-0.05, 0) is 73.1 Å². The van der Waals surface area contributed by atoms with Crippen molar-refractivity contribution in [2.24, 2.45) is 0 Å². The summed E-state index contributed by atoms with van der Waals surface area (Å²) in [6.07, 6.45) is 5.94. The molecule has 7 heteroatoms. The summed E-state index contributed by atoms with van der Waals surface area (Å²) in [7, 11) is -0.460. The largest absolute Gasteiger partial charge is 0.494 e. The Morgan fingerprint density at radius 1 is 0.927 bits per heavy atom. The number of nitrogens with zero attached hydrogens (tertiary/aromatic N) is 2. The average molecular weight is 548 g/mol. The predicted molar refractivity (Wildman–Crippen MR) is 164 cm³/mol. The van der Waals surface area contributed by atoms with Gasteiger partial charge in [-0.3, -0.25) is 0 Å². The maximum atomic E-state index is 13.1. The molecule has 3 aromatic carbocycles. The number of carbonyl (C=O) groups excluding carboxylic acids is 1. The summed E-state index contributed by atoms with van der Waals surface area (Å²) in [6, 6.07) is 23.1. The van der Waals surface area contributed by atoms with E-state index in [-0.39, 0.29) is 12.0 Å². The summed E-state index contributed by atoms with van der Waals surface area (Å²) >= 11 is 0. The number of piperazine rings is 1. The van der Waals surface area contributed by atoms with Crippen molar-refractivity contribution in [3.63, 3.8) is 0 Å². The maximum Gasteiger partial charge on any atom is 0.494 e. The molecule has 6 rings (SSSR count). The van der Waals surface area contributed by atoms with Crippen LogP contribution in [-0.4, -0.2) is 62.1 Å². The van der Waals surface area contributed by atoms with Crippen molar-refractivity contribution in [1.82, 2.24) is 4.90 Å². The zero-order valence-electron chi connectivity index (χ0n) is 24.4. The lowest BCUT2D eigenvalue weighted by Gasteiger charge is -2.36. The fourth-order valence-corrected chi connectivity index (χ4v) is 6.05. The van der Waals surface area contributed by atoms with E-state index in [2.05, 4.69) is 105 Å². The molecule has 1 amide bonds. The zero-order chi connectivity index (χ0) is 28.8. The highest BCUT2D eigenvalue weighted by Gasteiger charge is 2.51. The minimum absolute atomic E-state index is 0.0555. The minimum Gasteiger partial charge on any atom is -0.448 e. The molecule has 0 aromatic heterocycles. The fourth-order valence-electron chi connectivity index (χ4n) is 6.05. The number of anilines is 1. The summed E-state index contributed by atoms with van der Waals surface area (Å²) < 4.78 is 18.6. The number of amides is 1. The van der Waals surface area contributed by atoms with Gasteiger partial charge in [-0.1, -0.05) is 54.6 Å². The Hall–Kier alpha value is -3.73. The molecule has 0 spiro atoms. The van der Waals surface area contributed by atoms with Crippen LogP contribution in [0.15, 0.2) is 66.7 Å². The van der Waals surface area contributed by atoms with Gasteiger partial charge in [0, 0.05) is 44.2 Å². The van der Waals surface area contributed by atoms with E-state index in [4.69, 9.17) is 20.5 Å². The van der Waals surface area contributed by atoms with Gasteiger partial charge in [0.2, 0.25) is 0 Å². The molecule has 3 aliphatic rings. The molecule has 0 N–H and O–H groups in total. The number of ether oxygens (including phenoxy) is 1. The van der Waals surface area contributed by atoms with E-state index in [1.54, 1.807) is 0 Å². The van der Waals surface area contributed by atoms with Gasteiger partial charge in [-0.2, -0.15) is 0 Å². The number of benzene rings is 3. The summed E-state index contributed by atoms with van der Waals surface area (Å²) in [6.45, 7) is 11.1. The SMILES string of the molecule is C#CCc1cc(B2OC(C)(C)C(C)(C)O2)cc(N2CCN(C(=O)OCC3c4ccccc4-c4ccccc43)CC2)c1. The molecule has 210 valence electrons. The van der Waals surface area contributed by atoms with Crippen molar-refractivity contribution in [2.45, 2.75) is 51.2 Å². The molecule has 2 heterocycles. The summed E-state index contributed by atoms with van der Waals surface area (Å²) in [5, 5.41) is 0. The Labute approximate surface area is 243 Å². The molecule has 2 saturated heterocycles. The van der Waals surface area contributed by atoms with Gasteiger partial charge >= 0.3 is 13.2 Å². The van der Waals surface area contributed by atoms with Gasteiger partial charge in [0.1, 0.15) is 6.61 Å². The van der Waals surface area contributed by atoms with Crippen molar-refractivity contribution in [3.8, 4) is 23.5 Å². The van der Waals surface area contributed by atoms with Crippen LogP contribution in [0.25, 0.3) is 11.1 Å².